The summed E-state index contributed by atoms with van der Waals surface area (Å²) in [7, 11) is 3.18. The number of benzene rings is 1. The molecule has 2 rings (SSSR count). The molecule has 0 radical (unpaired) electrons. The summed E-state index contributed by atoms with van der Waals surface area (Å²) in [6.07, 6.45) is 1.35. The Morgan fingerprint density at radius 2 is 2.04 bits per heavy atom. The molecule has 1 aliphatic rings. The van der Waals surface area contributed by atoms with Crippen molar-refractivity contribution in [1.82, 2.24) is 10.2 Å². The first-order valence-corrected chi connectivity index (χ1v) is 8.26. The van der Waals surface area contributed by atoms with Crippen LogP contribution in [-0.2, 0) is 16.1 Å². The van der Waals surface area contributed by atoms with E-state index in [0.29, 0.717) is 31.0 Å². The molecule has 0 spiro atoms. The zero-order valence-electron chi connectivity index (χ0n) is 14.8. The van der Waals surface area contributed by atoms with Crippen molar-refractivity contribution in [1.29, 1.82) is 0 Å². The van der Waals surface area contributed by atoms with Gasteiger partial charge in [0.25, 0.3) is 0 Å². The van der Waals surface area contributed by atoms with Gasteiger partial charge in [-0.05, 0) is 24.5 Å². The van der Waals surface area contributed by atoms with Gasteiger partial charge in [0.2, 0.25) is 11.8 Å². The number of methoxy groups -OCH3 is 2. The van der Waals surface area contributed by atoms with Crippen molar-refractivity contribution in [2.45, 2.75) is 39.3 Å². The number of hydrogen-bond acceptors (Lipinski definition) is 4. The number of carbonyl (C=O) groups is 2. The second-order valence-corrected chi connectivity index (χ2v) is 6.28. The number of nitrogens with zero attached hydrogens (tertiary/aromatic N) is 1. The standard InChI is InChI=1S/C18H26N2O4/c1-12(2)17(20-9-5-6-16(20)21)18(22)19-11-13-7-8-14(23-3)10-15(13)24-4/h7-8,10,12,17H,5-6,9,11H2,1-4H3,(H,19,22). The maximum atomic E-state index is 12.6. The predicted molar refractivity (Wildman–Crippen MR) is 91.0 cm³/mol. The van der Waals surface area contributed by atoms with E-state index >= 15 is 0 Å². The zero-order valence-corrected chi connectivity index (χ0v) is 14.8. The summed E-state index contributed by atoms with van der Waals surface area (Å²) in [5.41, 5.74) is 0.863. The Hall–Kier alpha value is -2.24. The van der Waals surface area contributed by atoms with Gasteiger partial charge >= 0.3 is 0 Å². The number of nitrogens with one attached hydrogen (secondary N) is 1. The van der Waals surface area contributed by atoms with E-state index in [2.05, 4.69) is 5.32 Å². The monoisotopic (exact) mass is 334 g/mol. The Bertz CT molecular complexity index is 601. The number of carbonyl (C=O) groups excluding carboxylic acids is 2. The van der Waals surface area contributed by atoms with Crippen molar-refractivity contribution in [2.24, 2.45) is 5.92 Å². The molecule has 1 aromatic carbocycles. The Balaban J connectivity index is 2.07. The summed E-state index contributed by atoms with van der Waals surface area (Å²) >= 11 is 0. The van der Waals surface area contributed by atoms with Gasteiger partial charge in [0, 0.05) is 31.1 Å². The van der Waals surface area contributed by atoms with Crippen molar-refractivity contribution in [3.05, 3.63) is 23.8 Å². The van der Waals surface area contributed by atoms with Gasteiger partial charge in [-0.25, -0.2) is 0 Å². The molecule has 6 nitrogen and oxygen atoms in total. The van der Waals surface area contributed by atoms with Crippen LogP contribution in [0.2, 0.25) is 0 Å². The first-order chi connectivity index (χ1) is 11.5. The molecule has 1 heterocycles. The third kappa shape index (κ3) is 3.99. The fourth-order valence-electron chi connectivity index (χ4n) is 3.05. The largest absolute Gasteiger partial charge is 0.497 e. The van der Waals surface area contributed by atoms with Gasteiger partial charge in [0.15, 0.2) is 0 Å². The first kappa shape index (κ1) is 18.1. The number of hydrogen-bond donors (Lipinski definition) is 1. The van der Waals surface area contributed by atoms with Crippen LogP contribution in [0.4, 0.5) is 0 Å². The minimum atomic E-state index is -0.427. The third-order valence-electron chi connectivity index (χ3n) is 4.29. The van der Waals surface area contributed by atoms with Gasteiger partial charge in [0.05, 0.1) is 14.2 Å². The lowest BCUT2D eigenvalue weighted by molar-refractivity contribution is -0.139. The molecule has 1 aromatic rings. The summed E-state index contributed by atoms with van der Waals surface area (Å²) in [6, 6.07) is 5.05. The van der Waals surface area contributed by atoms with Crippen molar-refractivity contribution in [3.63, 3.8) is 0 Å². The third-order valence-corrected chi connectivity index (χ3v) is 4.29. The van der Waals surface area contributed by atoms with Crippen LogP contribution in [-0.4, -0.2) is 43.5 Å². The van der Waals surface area contributed by atoms with Crippen molar-refractivity contribution < 1.29 is 19.1 Å². The summed E-state index contributed by atoms with van der Waals surface area (Å²) in [5.74, 6) is 1.35. The molecule has 1 atom stereocenters. The highest BCUT2D eigenvalue weighted by Crippen LogP contribution is 2.25. The zero-order chi connectivity index (χ0) is 17.7. The lowest BCUT2D eigenvalue weighted by atomic mass is 10.0. The van der Waals surface area contributed by atoms with Crippen LogP contribution in [0.1, 0.15) is 32.3 Å². The SMILES string of the molecule is COc1ccc(CNC(=O)C(C(C)C)N2CCCC2=O)c(OC)c1. The average Bonchev–Trinajstić information content (AvgIpc) is 2.98. The van der Waals surface area contributed by atoms with Crippen molar-refractivity contribution in [3.8, 4) is 11.5 Å². The second-order valence-electron chi connectivity index (χ2n) is 6.28. The molecule has 1 unspecified atom stereocenters. The average molecular weight is 334 g/mol. The fourth-order valence-corrected chi connectivity index (χ4v) is 3.05. The second kappa shape index (κ2) is 8.04. The van der Waals surface area contributed by atoms with E-state index in [0.717, 1.165) is 12.0 Å². The predicted octanol–water partition coefficient (Wildman–Crippen LogP) is 1.97. The molecule has 0 aromatic heterocycles. The molecular formula is C18H26N2O4. The van der Waals surface area contributed by atoms with E-state index in [-0.39, 0.29) is 17.7 Å². The minimum Gasteiger partial charge on any atom is -0.497 e. The van der Waals surface area contributed by atoms with E-state index in [1.54, 1.807) is 25.2 Å². The van der Waals surface area contributed by atoms with E-state index in [1.165, 1.54) is 0 Å². The normalized spacial score (nSPS) is 15.5. The number of likely N-dealkylation sites (tertiary alicyclic amines) is 1. The van der Waals surface area contributed by atoms with Crippen LogP contribution < -0.4 is 14.8 Å². The Kier molecular flexibility index (Phi) is 6.06. The van der Waals surface area contributed by atoms with Crippen LogP contribution in [0.5, 0.6) is 11.5 Å². The maximum Gasteiger partial charge on any atom is 0.243 e. The fraction of sp³-hybridized carbons (Fsp3) is 0.556. The van der Waals surface area contributed by atoms with E-state index in [4.69, 9.17) is 9.47 Å². The minimum absolute atomic E-state index is 0.0600. The molecule has 24 heavy (non-hydrogen) atoms. The molecule has 0 bridgehead atoms. The van der Waals surface area contributed by atoms with Crippen molar-refractivity contribution >= 4 is 11.8 Å². The Morgan fingerprint density at radius 3 is 2.58 bits per heavy atom. The highest BCUT2D eigenvalue weighted by atomic mass is 16.5. The molecule has 1 fully saturated rings. The van der Waals surface area contributed by atoms with Crippen LogP contribution in [0.15, 0.2) is 18.2 Å². The molecule has 1 aliphatic heterocycles. The molecule has 132 valence electrons. The smallest absolute Gasteiger partial charge is 0.243 e. The van der Waals surface area contributed by atoms with Gasteiger partial charge in [-0.1, -0.05) is 13.8 Å². The van der Waals surface area contributed by atoms with Gasteiger partial charge in [-0.3, -0.25) is 9.59 Å². The highest BCUT2D eigenvalue weighted by Gasteiger charge is 2.34. The van der Waals surface area contributed by atoms with E-state index < -0.39 is 6.04 Å². The molecular weight excluding hydrogens is 308 g/mol. The Labute approximate surface area is 143 Å². The quantitative estimate of drug-likeness (QED) is 0.828. The number of amides is 2. The highest BCUT2D eigenvalue weighted by molar-refractivity contribution is 5.88. The molecule has 2 amide bonds. The van der Waals surface area contributed by atoms with Gasteiger partial charge < -0.3 is 19.7 Å². The molecule has 0 aliphatic carbocycles. The summed E-state index contributed by atoms with van der Waals surface area (Å²) in [4.78, 5) is 26.3. The van der Waals surface area contributed by atoms with Gasteiger partial charge in [0.1, 0.15) is 17.5 Å². The Morgan fingerprint density at radius 1 is 1.29 bits per heavy atom. The molecule has 1 N–H and O–H groups in total. The van der Waals surface area contributed by atoms with Gasteiger partial charge in [-0.15, -0.1) is 0 Å². The van der Waals surface area contributed by atoms with E-state index in [9.17, 15) is 9.59 Å². The number of ether oxygens (including phenoxy) is 2. The number of rotatable bonds is 7. The lowest BCUT2D eigenvalue weighted by Gasteiger charge is -2.30. The van der Waals surface area contributed by atoms with Crippen LogP contribution in [0.25, 0.3) is 0 Å². The molecule has 6 heteroatoms. The van der Waals surface area contributed by atoms with Crippen LogP contribution in [0.3, 0.4) is 0 Å². The topological polar surface area (TPSA) is 67.9 Å². The van der Waals surface area contributed by atoms with Crippen molar-refractivity contribution in [2.75, 3.05) is 20.8 Å². The van der Waals surface area contributed by atoms with Gasteiger partial charge in [-0.2, -0.15) is 0 Å². The molecule has 0 saturated carbocycles. The van der Waals surface area contributed by atoms with E-state index in [1.807, 2.05) is 26.0 Å². The van der Waals surface area contributed by atoms with Crippen LogP contribution >= 0.6 is 0 Å². The van der Waals surface area contributed by atoms with Crippen LogP contribution in [0, 0.1) is 5.92 Å². The maximum absolute atomic E-state index is 12.6. The summed E-state index contributed by atoms with van der Waals surface area (Å²) in [6.45, 7) is 4.92. The molecule has 1 saturated heterocycles. The first-order valence-electron chi connectivity index (χ1n) is 8.26. The summed E-state index contributed by atoms with van der Waals surface area (Å²) < 4.78 is 10.5. The summed E-state index contributed by atoms with van der Waals surface area (Å²) in [5, 5.41) is 2.94. The lowest BCUT2D eigenvalue weighted by Crippen LogP contribution is -2.50.